The SMILES string of the molecule is CCCCCCCCCCCC(=O)OC[C@H](COP(=O)(O)OC[C@H](O)COP(=O)(O)OC[C@@H](COC(=O)CCCCCCCCCCCCCCCCCCC(C)C)OC(=O)CCCCCCCCCCCCCCCCCCCCC(C)C)OC(=O)CCCCCCCCCCCCCCCCC(C)CC. The number of hydrogen-bond acceptors (Lipinski definition) is 15. The van der Waals surface area contributed by atoms with Crippen LogP contribution in [0, 0.1) is 17.8 Å². The van der Waals surface area contributed by atoms with Gasteiger partial charge < -0.3 is 33.8 Å². The van der Waals surface area contributed by atoms with Crippen molar-refractivity contribution in [2.75, 3.05) is 39.6 Å². The maximum absolute atomic E-state index is 13.2. The van der Waals surface area contributed by atoms with Crippen LogP contribution in [0.2, 0.25) is 0 Å². The zero-order valence-corrected chi connectivity index (χ0v) is 72.4. The Bertz CT molecular complexity index is 2060. The molecule has 6 atom stereocenters. The summed E-state index contributed by atoms with van der Waals surface area (Å²) in [6.07, 6.45) is 69.4. The number of carbonyl (C=O) groups is 4. The Morgan fingerprint density at radius 3 is 0.710 bits per heavy atom. The normalized spacial score (nSPS) is 14.1. The van der Waals surface area contributed by atoms with Crippen LogP contribution in [0.3, 0.4) is 0 Å². The minimum absolute atomic E-state index is 0.108. The van der Waals surface area contributed by atoms with Gasteiger partial charge in [0.05, 0.1) is 26.4 Å². The summed E-state index contributed by atoms with van der Waals surface area (Å²) in [5.41, 5.74) is 0. The van der Waals surface area contributed by atoms with Gasteiger partial charge in [0.2, 0.25) is 0 Å². The van der Waals surface area contributed by atoms with Crippen molar-refractivity contribution in [3.05, 3.63) is 0 Å². The summed E-state index contributed by atoms with van der Waals surface area (Å²) in [6, 6.07) is 0. The van der Waals surface area contributed by atoms with Crippen LogP contribution in [0.1, 0.15) is 466 Å². The molecule has 0 aliphatic rings. The summed E-state index contributed by atoms with van der Waals surface area (Å²) >= 11 is 0. The topological polar surface area (TPSA) is 237 Å². The second-order valence-corrected chi connectivity index (χ2v) is 35.7. The maximum Gasteiger partial charge on any atom is 0.472 e. The van der Waals surface area contributed by atoms with Gasteiger partial charge in [0, 0.05) is 25.7 Å². The van der Waals surface area contributed by atoms with Gasteiger partial charge in [-0.2, -0.15) is 0 Å². The van der Waals surface area contributed by atoms with Crippen molar-refractivity contribution in [1.82, 2.24) is 0 Å². The lowest BCUT2D eigenvalue weighted by molar-refractivity contribution is -0.161. The molecule has 19 heteroatoms. The number of phosphoric acid groups is 2. The van der Waals surface area contributed by atoms with Gasteiger partial charge in [0.25, 0.3) is 0 Å². The van der Waals surface area contributed by atoms with Crippen molar-refractivity contribution < 1.29 is 80.2 Å². The monoisotopic (exact) mass is 1560 g/mol. The Morgan fingerprint density at radius 1 is 0.271 bits per heavy atom. The first-order valence-electron chi connectivity index (χ1n) is 45.4. The number of ether oxygens (including phenoxy) is 4. The highest BCUT2D eigenvalue weighted by atomic mass is 31.2. The number of esters is 4. The van der Waals surface area contributed by atoms with Crippen LogP contribution in [0.15, 0.2) is 0 Å². The summed E-state index contributed by atoms with van der Waals surface area (Å²) in [6.45, 7) is 12.1. The summed E-state index contributed by atoms with van der Waals surface area (Å²) < 4.78 is 68.9. The van der Waals surface area contributed by atoms with E-state index in [0.29, 0.717) is 25.7 Å². The summed E-state index contributed by atoms with van der Waals surface area (Å²) in [4.78, 5) is 73.2. The van der Waals surface area contributed by atoms with E-state index in [4.69, 9.17) is 37.0 Å². The van der Waals surface area contributed by atoms with Crippen LogP contribution in [-0.2, 0) is 65.4 Å². The highest BCUT2D eigenvalue weighted by Crippen LogP contribution is 2.45. The maximum atomic E-state index is 13.2. The fraction of sp³-hybridized carbons (Fsp3) is 0.955. The van der Waals surface area contributed by atoms with Gasteiger partial charge >= 0.3 is 39.5 Å². The zero-order chi connectivity index (χ0) is 78.6. The van der Waals surface area contributed by atoms with Crippen molar-refractivity contribution in [2.24, 2.45) is 17.8 Å². The van der Waals surface area contributed by atoms with Crippen molar-refractivity contribution in [3.8, 4) is 0 Å². The molecule has 3 unspecified atom stereocenters. The minimum atomic E-state index is -4.97. The molecule has 0 saturated carbocycles. The average molecular weight is 1560 g/mol. The molecular formula is C88H172O17P2. The lowest BCUT2D eigenvalue weighted by Crippen LogP contribution is -2.30. The second kappa shape index (κ2) is 78.0. The summed E-state index contributed by atoms with van der Waals surface area (Å²) in [5.74, 6) is 0.376. The standard InChI is InChI=1S/C88H172O17P2/c1-8-10-11-12-13-38-48-55-62-69-85(90)98-75-83(104-87(92)72-65-58-51-44-37-31-25-24-28-34-41-47-54-61-68-81(7)9-2)77-102-106(94,95)100-73-82(89)74-101-107(96,97)103-78-84(76-99-86(91)70-63-56-49-42-35-29-22-19-18-21-27-33-40-46-53-60-67-80(5)6)105-88(93)71-64-57-50-43-36-30-23-17-15-14-16-20-26-32-39-45-52-59-66-79(3)4/h79-84,89H,8-78H2,1-7H3,(H,94,95)(H,96,97)/t81?,82-,83+,84+/m0/s1. The van der Waals surface area contributed by atoms with E-state index in [1.165, 1.54) is 276 Å². The first-order chi connectivity index (χ1) is 51.8. The Labute approximate surface area is 658 Å². The second-order valence-electron chi connectivity index (χ2n) is 32.8. The van der Waals surface area contributed by atoms with Crippen LogP contribution >= 0.6 is 15.6 Å². The van der Waals surface area contributed by atoms with E-state index in [1.54, 1.807) is 0 Å². The quantitative estimate of drug-likeness (QED) is 0.0222. The first-order valence-corrected chi connectivity index (χ1v) is 48.4. The summed E-state index contributed by atoms with van der Waals surface area (Å²) in [7, 11) is -9.93. The van der Waals surface area contributed by atoms with Crippen molar-refractivity contribution in [2.45, 2.75) is 484 Å². The third-order valence-electron chi connectivity index (χ3n) is 21.0. The average Bonchev–Trinajstić information content (AvgIpc) is 0.914. The van der Waals surface area contributed by atoms with Crippen molar-refractivity contribution in [3.63, 3.8) is 0 Å². The summed E-state index contributed by atoms with van der Waals surface area (Å²) in [5, 5.41) is 10.7. The molecule has 17 nitrogen and oxygen atoms in total. The molecule has 0 rings (SSSR count). The number of hydrogen-bond donors (Lipinski definition) is 3. The number of rotatable bonds is 86. The zero-order valence-electron chi connectivity index (χ0n) is 70.6. The Kier molecular flexibility index (Phi) is 76.6. The van der Waals surface area contributed by atoms with Crippen molar-refractivity contribution in [1.29, 1.82) is 0 Å². The molecule has 0 aliphatic heterocycles. The van der Waals surface area contributed by atoms with E-state index in [1.807, 2.05) is 0 Å². The van der Waals surface area contributed by atoms with Crippen LogP contribution in [0.4, 0.5) is 0 Å². The van der Waals surface area contributed by atoms with E-state index < -0.39 is 97.5 Å². The molecule has 0 aromatic heterocycles. The van der Waals surface area contributed by atoms with Crippen LogP contribution < -0.4 is 0 Å². The van der Waals surface area contributed by atoms with E-state index in [0.717, 1.165) is 108 Å². The molecule has 0 aromatic rings. The molecule has 636 valence electrons. The molecule has 0 aliphatic carbocycles. The molecule has 107 heavy (non-hydrogen) atoms. The molecule has 0 heterocycles. The lowest BCUT2D eigenvalue weighted by Gasteiger charge is -2.21. The van der Waals surface area contributed by atoms with Crippen LogP contribution in [0.25, 0.3) is 0 Å². The van der Waals surface area contributed by atoms with Crippen molar-refractivity contribution >= 4 is 39.5 Å². The first kappa shape index (κ1) is 105. The van der Waals surface area contributed by atoms with Gasteiger partial charge in [-0.05, 0) is 43.4 Å². The fourth-order valence-corrected chi connectivity index (χ4v) is 15.3. The number of unbranched alkanes of at least 4 members (excludes halogenated alkanes) is 53. The number of carbonyl (C=O) groups excluding carboxylic acids is 4. The molecule has 0 fully saturated rings. The Hall–Kier alpha value is -1.94. The highest BCUT2D eigenvalue weighted by Gasteiger charge is 2.31. The minimum Gasteiger partial charge on any atom is -0.462 e. The van der Waals surface area contributed by atoms with Gasteiger partial charge in [0.15, 0.2) is 12.2 Å². The van der Waals surface area contributed by atoms with E-state index >= 15 is 0 Å². The van der Waals surface area contributed by atoms with Gasteiger partial charge in [-0.25, -0.2) is 9.13 Å². The molecular weight excluding hydrogens is 1390 g/mol. The largest absolute Gasteiger partial charge is 0.472 e. The predicted octanol–water partition coefficient (Wildman–Crippen LogP) is 26.9. The van der Waals surface area contributed by atoms with E-state index in [-0.39, 0.29) is 25.7 Å². The van der Waals surface area contributed by atoms with Gasteiger partial charge in [-0.1, -0.05) is 414 Å². The molecule has 0 bridgehead atoms. The van der Waals surface area contributed by atoms with Crippen LogP contribution in [0.5, 0.6) is 0 Å². The highest BCUT2D eigenvalue weighted by molar-refractivity contribution is 7.47. The lowest BCUT2D eigenvalue weighted by atomic mass is 9.99. The van der Waals surface area contributed by atoms with E-state index in [9.17, 15) is 43.2 Å². The van der Waals surface area contributed by atoms with Gasteiger partial charge in [-0.3, -0.25) is 37.3 Å². The molecule has 3 N–H and O–H groups in total. The molecule has 0 spiro atoms. The van der Waals surface area contributed by atoms with Crippen LogP contribution in [-0.4, -0.2) is 96.7 Å². The third-order valence-corrected chi connectivity index (χ3v) is 22.9. The Morgan fingerprint density at radius 2 is 0.477 bits per heavy atom. The molecule has 0 radical (unpaired) electrons. The fourth-order valence-electron chi connectivity index (χ4n) is 13.7. The predicted molar refractivity (Wildman–Crippen MR) is 441 cm³/mol. The molecule has 0 saturated heterocycles. The molecule has 0 aromatic carbocycles. The third kappa shape index (κ3) is 80.5. The molecule has 0 amide bonds. The number of aliphatic hydroxyl groups excluding tert-OH is 1. The van der Waals surface area contributed by atoms with Gasteiger partial charge in [-0.15, -0.1) is 0 Å². The Balaban J connectivity index is 5.21. The number of phosphoric ester groups is 2. The van der Waals surface area contributed by atoms with Gasteiger partial charge in [0.1, 0.15) is 19.3 Å². The smallest absolute Gasteiger partial charge is 0.462 e. The number of aliphatic hydroxyl groups is 1. The van der Waals surface area contributed by atoms with E-state index in [2.05, 4.69) is 48.5 Å².